The molecule has 140 valence electrons. The van der Waals surface area contributed by atoms with Crippen LogP contribution < -0.4 is 9.47 Å². The number of carbonyl (C=O) groups excluding carboxylic acids is 2. The van der Waals surface area contributed by atoms with Gasteiger partial charge in [-0.2, -0.15) is 0 Å². The number of allylic oxidation sites excluding steroid dienone is 4. The predicted molar refractivity (Wildman–Crippen MR) is 105 cm³/mol. The summed E-state index contributed by atoms with van der Waals surface area (Å²) >= 11 is 0. The van der Waals surface area contributed by atoms with Gasteiger partial charge in [0.2, 0.25) is 6.79 Å². The Morgan fingerprint density at radius 1 is 0.929 bits per heavy atom. The molecule has 0 N–H and O–H groups in total. The van der Waals surface area contributed by atoms with Crippen molar-refractivity contribution in [3.8, 4) is 11.5 Å². The molecule has 0 aromatic heterocycles. The molecule has 3 aliphatic rings. The van der Waals surface area contributed by atoms with E-state index in [0.717, 1.165) is 35.3 Å². The summed E-state index contributed by atoms with van der Waals surface area (Å²) in [5.74, 6) is 1.71. The number of ether oxygens (including phenoxy) is 2. The van der Waals surface area contributed by atoms with E-state index in [4.69, 9.17) is 9.47 Å². The van der Waals surface area contributed by atoms with E-state index in [-0.39, 0.29) is 18.4 Å². The first kappa shape index (κ1) is 17.0. The monoisotopic (exact) mass is 372 g/mol. The van der Waals surface area contributed by atoms with Gasteiger partial charge in [0, 0.05) is 17.6 Å². The van der Waals surface area contributed by atoms with Gasteiger partial charge in [0.15, 0.2) is 17.3 Å². The fraction of sp³-hybridized carbons (Fsp3) is 0.250. The standard InChI is InChI=1S/C24H20O4/c25-22(24(10-11-24)19-8-9-20-21(14-19)28-15-27-20)13-16-6-7-18(12-16)23(26)17-4-2-1-3-5-17/h1-9,14H,10-13,15H2. The maximum Gasteiger partial charge on any atom is 0.231 e. The number of hydrogen-bond acceptors (Lipinski definition) is 4. The number of rotatable bonds is 6. The summed E-state index contributed by atoms with van der Waals surface area (Å²) in [4.78, 5) is 25.7. The minimum atomic E-state index is -0.409. The summed E-state index contributed by atoms with van der Waals surface area (Å²) in [7, 11) is 0. The van der Waals surface area contributed by atoms with Crippen LogP contribution in [0.2, 0.25) is 0 Å². The van der Waals surface area contributed by atoms with Gasteiger partial charge in [0.1, 0.15) is 5.78 Å². The molecule has 0 bridgehead atoms. The molecule has 0 unspecified atom stereocenters. The van der Waals surface area contributed by atoms with E-state index in [1.54, 1.807) is 0 Å². The molecular weight excluding hydrogens is 352 g/mol. The lowest BCUT2D eigenvalue weighted by molar-refractivity contribution is -0.120. The van der Waals surface area contributed by atoms with Crippen LogP contribution in [-0.4, -0.2) is 18.4 Å². The van der Waals surface area contributed by atoms with E-state index in [1.807, 2.05) is 60.7 Å². The lowest BCUT2D eigenvalue weighted by Crippen LogP contribution is -2.20. The third-order valence-corrected chi connectivity index (χ3v) is 5.86. The SMILES string of the molecule is O=C(C1=CC=C(CC(=O)C2(c3ccc4c(c3)OCO4)CC2)C1)c1ccccc1. The normalized spacial score (nSPS) is 18.4. The highest BCUT2D eigenvalue weighted by atomic mass is 16.7. The molecule has 1 heterocycles. The van der Waals surface area contributed by atoms with Crippen molar-refractivity contribution in [2.24, 2.45) is 0 Å². The molecule has 28 heavy (non-hydrogen) atoms. The Hall–Kier alpha value is -3.14. The molecular formula is C24H20O4. The van der Waals surface area contributed by atoms with Crippen LogP contribution in [0.25, 0.3) is 0 Å². The average Bonchev–Trinajstić information content (AvgIpc) is 3.19. The van der Waals surface area contributed by atoms with E-state index in [2.05, 4.69) is 0 Å². The highest BCUT2D eigenvalue weighted by molar-refractivity contribution is 6.09. The van der Waals surface area contributed by atoms with Crippen molar-refractivity contribution in [2.45, 2.75) is 31.1 Å². The predicted octanol–water partition coefficient (Wildman–Crippen LogP) is 4.55. The highest BCUT2D eigenvalue weighted by Crippen LogP contribution is 2.52. The summed E-state index contributed by atoms with van der Waals surface area (Å²) in [6, 6.07) is 15.1. The largest absolute Gasteiger partial charge is 0.454 e. The average molecular weight is 372 g/mol. The summed E-state index contributed by atoms with van der Waals surface area (Å²) in [5, 5.41) is 0. The zero-order valence-electron chi connectivity index (χ0n) is 15.4. The third-order valence-electron chi connectivity index (χ3n) is 5.86. The second-order valence-electron chi connectivity index (χ2n) is 7.64. The summed E-state index contributed by atoms with van der Waals surface area (Å²) in [6.07, 6.45) is 6.46. The Kier molecular flexibility index (Phi) is 3.93. The van der Waals surface area contributed by atoms with E-state index < -0.39 is 5.41 Å². The lowest BCUT2D eigenvalue weighted by atomic mass is 9.87. The second-order valence-corrected chi connectivity index (χ2v) is 7.64. The first-order valence-electron chi connectivity index (χ1n) is 9.57. The van der Waals surface area contributed by atoms with Gasteiger partial charge in [0.25, 0.3) is 0 Å². The van der Waals surface area contributed by atoms with E-state index >= 15 is 0 Å². The zero-order valence-corrected chi connectivity index (χ0v) is 15.4. The fourth-order valence-electron chi connectivity index (χ4n) is 4.06. The summed E-state index contributed by atoms with van der Waals surface area (Å²) < 4.78 is 10.8. The van der Waals surface area contributed by atoms with Crippen LogP contribution in [0.3, 0.4) is 0 Å². The second kappa shape index (κ2) is 6.48. The molecule has 1 aliphatic heterocycles. The van der Waals surface area contributed by atoms with Gasteiger partial charge in [-0.1, -0.05) is 54.1 Å². The van der Waals surface area contributed by atoms with Crippen LogP contribution in [0, 0.1) is 0 Å². The molecule has 0 saturated heterocycles. The Labute approximate surface area is 163 Å². The molecule has 4 nitrogen and oxygen atoms in total. The van der Waals surface area contributed by atoms with Crippen molar-refractivity contribution < 1.29 is 19.1 Å². The number of Topliss-reactive ketones (excluding diaryl/α,β-unsaturated/α-hetero) is 2. The molecule has 0 atom stereocenters. The summed E-state index contributed by atoms with van der Waals surface area (Å²) in [6.45, 7) is 0.233. The van der Waals surface area contributed by atoms with E-state index in [1.165, 1.54) is 0 Å². The topological polar surface area (TPSA) is 52.6 Å². The van der Waals surface area contributed by atoms with Gasteiger partial charge in [-0.05, 0) is 37.0 Å². The van der Waals surface area contributed by atoms with Crippen LogP contribution >= 0.6 is 0 Å². The molecule has 2 aliphatic carbocycles. The van der Waals surface area contributed by atoms with Gasteiger partial charge in [0.05, 0.1) is 5.41 Å². The first-order chi connectivity index (χ1) is 13.7. The molecule has 2 aromatic carbocycles. The Morgan fingerprint density at radius 2 is 1.71 bits per heavy atom. The number of hydrogen-bond donors (Lipinski definition) is 0. The number of ketones is 2. The van der Waals surface area contributed by atoms with Gasteiger partial charge < -0.3 is 9.47 Å². The van der Waals surface area contributed by atoms with Crippen LogP contribution in [0.15, 0.2) is 71.8 Å². The number of benzene rings is 2. The van der Waals surface area contributed by atoms with Crippen molar-refractivity contribution in [1.82, 2.24) is 0 Å². The minimum absolute atomic E-state index is 0.0382. The van der Waals surface area contributed by atoms with Crippen molar-refractivity contribution in [1.29, 1.82) is 0 Å². The maximum atomic E-state index is 13.1. The Balaban J connectivity index is 1.26. The van der Waals surface area contributed by atoms with Gasteiger partial charge in [-0.3, -0.25) is 9.59 Å². The Morgan fingerprint density at radius 3 is 2.50 bits per heavy atom. The van der Waals surface area contributed by atoms with Crippen molar-refractivity contribution >= 4 is 11.6 Å². The lowest BCUT2D eigenvalue weighted by Gasteiger charge is -2.16. The highest BCUT2D eigenvalue weighted by Gasteiger charge is 2.51. The molecule has 1 saturated carbocycles. The van der Waals surface area contributed by atoms with Crippen molar-refractivity contribution in [3.05, 3.63) is 83.0 Å². The van der Waals surface area contributed by atoms with Crippen LogP contribution in [0.1, 0.15) is 41.6 Å². The summed E-state index contributed by atoms with van der Waals surface area (Å²) in [5.41, 5.74) is 3.05. The molecule has 2 aromatic rings. The van der Waals surface area contributed by atoms with E-state index in [0.29, 0.717) is 24.2 Å². The van der Waals surface area contributed by atoms with Gasteiger partial charge in [-0.25, -0.2) is 0 Å². The van der Waals surface area contributed by atoms with Crippen molar-refractivity contribution in [3.63, 3.8) is 0 Å². The number of fused-ring (bicyclic) bond motifs is 1. The quantitative estimate of drug-likeness (QED) is 0.699. The molecule has 0 spiro atoms. The smallest absolute Gasteiger partial charge is 0.231 e. The minimum Gasteiger partial charge on any atom is -0.454 e. The zero-order chi connectivity index (χ0) is 19.1. The van der Waals surface area contributed by atoms with Crippen LogP contribution in [0.4, 0.5) is 0 Å². The third kappa shape index (κ3) is 2.85. The van der Waals surface area contributed by atoms with Gasteiger partial charge in [-0.15, -0.1) is 0 Å². The fourth-order valence-corrected chi connectivity index (χ4v) is 4.06. The van der Waals surface area contributed by atoms with Crippen LogP contribution in [0.5, 0.6) is 11.5 Å². The van der Waals surface area contributed by atoms with Crippen LogP contribution in [-0.2, 0) is 10.2 Å². The Bertz CT molecular complexity index is 1030. The van der Waals surface area contributed by atoms with E-state index in [9.17, 15) is 9.59 Å². The molecule has 1 fully saturated rings. The van der Waals surface area contributed by atoms with Gasteiger partial charge >= 0.3 is 0 Å². The molecule has 5 rings (SSSR count). The molecule has 0 amide bonds. The molecule has 0 radical (unpaired) electrons. The molecule has 4 heteroatoms. The maximum absolute atomic E-state index is 13.1. The van der Waals surface area contributed by atoms with Crippen molar-refractivity contribution in [2.75, 3.05) is 6.79 Å². The number of carbonyl (C=O) groups is 2. The first-order valence-corrected chi connectivity index (χ1v) is 9.57.